The molecule has 1 aliphatic rings. The van der Waals surface area contributed by atoms with Crippen LogP contribution in [0, 0.1) is 0 Å². The van der Waals surface area contributed by atoms with E-state index in [1.807, 2.05) is 6.07 Å². The molecule has 5 atom stereocenters. The second-order valence-corrected chi connectivity index (χ2v) is 6.14. The number of benzene rings is 1. The van der Waals surface area contributed by atoms with Crippen LogP contribution in [0.15, 0.2) is 35.2 Å². The van der Waals surface area contributed by atoms with Gasteiger partial charge in [0, 0.05) is 4.90 Å². The highest BCUT2D eigenvalue weighted by Crippen LogP contribution is 2.36. The molecule has 0 radical (unpaired) electrons. The summed E-state index contributed by atoms with van der Waals surface area (Å²) in [5.41, 5.74) is -0.928. The number of esters is 1. The van der Waals surface area contributed by atoms with Crippen LogP contribution in [0.2, 0.25) is 0 Å². The number of ether oxygens (including phenoxy) is 5. The molecule has 1 aromatic rings. The quantitative estimate of drug-likeness (QED) is 0.334. The van der Waals surface area contributed by atoms with E-state index in [1.54, 1.807) is 24.3 Å². The summed E-state index contributed by atoms with van der Waals surface area (Å²) in [4.78, 5) is 45.5. The van der Waals surface area contributed by atoms with Crippen LogP contribution in [0.5, 0.6) is 0 Å². The molecule has 1 saturated heterocycles. The van der Waals surface area contributed by atoms with Crippen molar-refractivity contribution in [3.8, 4) is 0 Å². The van der Waals surface area contributed by atoms with Crippen molar-refractivity contribution in [2.75, 3.05) is 7.11 Å². The van der Waals surface area contributed by atoms with Crippen molar-refractivity contribution < 1.29 is 42.9 Å². The average molecular weight is 384 g/mol. The van der Waals surface area contributed by atoms with Gasteiger partial charge >= 0.3 is 5.97 Å². The lowest BCUT2D eigenvalue weighted by molar-refractivity contribution is -0.226. The van der Waals surface area contributed by atoms with Crippen LogP contribution in [0.1, 0.15) is 0 Å². The maximum atomic E-state index is 12.1. The first kappa shape index (κ1) is 19.7. The van der Waals surface area contributed by atoms with E-state index in [0.717, 1.165) is 23.8 Å². The molecule has 0 aliphatic carbocycles. The van der Waals surface area contributed by atoms with Crippen LogP contribution in [0.3, 0.4) is 0 Å². The van der Waals surface area contributed by atoms with Gasteiger partial charge in [0.2, 0.25) is 0 Å². The number of carbonyl (C=O) groups is 4. The topological polar surface area (TPSA) is 114 Å². The number of hydrogen-bond acceptors (Lipinski definition) is 10. The Balaban J connectivity index is 2.37. The first-order valence-electron chi connectivity index (χ1n) is 7.38. The Labute approximate surface area is 152 Å². The Kier molecular flexibility index (Phi) is 7.42. The fourth-order valence-corrected chi connectivity index (χ4v) is 3.60. The monoisotopic (exact) mass is 384 g/mol. The molecule has 1 aromatic carbocycles. The third-order valence-electron chi connectivity index (χ3n) is 3.56. The van der Waals surface area contributed by atoms with E-state index >= 15 is 0 Å². The molecule has 0 spiro atoms. The summed E-state index contributed by atoms with van der Waals surface area (Å²) in [5, 5.41) is 0. The van der Waals surface area contributed by atoms with E-state index in [1.165, 1.54) is 0 Å². The van der Waals surface area contributed by atoms with Crippen molar-refractivity contribution in [3.05, 3.63) is 30.3 Å². The summed E-state index contributed by atoms with van der Waals surface area (Å²) >= 11 is 1.14. The van der Waals surface area contributed by atoms with E-state index in [9.17, 15) is 19.2 Å². The van der Waals surface area contributed by atoms with Crippen molar-refractivity contribution in [2.45, 2.75) is 34.7 Å². The van der Waals surface area contributed by atoms with Crippen LogP contribution in [0.25, 0.3) is 0 Å². The molecule has 1 fully saturated rings. The molecule has 9 nitrogen and oxygen atoms in total. The lowest BCUT2D eigenvalue weighted by Crippen LogP contribution is -2.61. The Bertz CT molecular complexity index is 623. The lowest BCUT2D eigenvalue weighted by Gasteiger charge is -2.42. The largest absolute Gasteiger partial charge is 0.467 e. The van der Waals surface area contributed by atoms with Crippen LogP contribution in [-0.2, 0) is 42.9 Å². The van der Waals surface area contributed by atoms with Crippen LogP contribution in [0.4, 0.5) is 0 Å². The van der Waals surface area contributed by atoms with Gasteiger partial charge in [-0.2, -0.15) is 0 Å². The van der Waals surface area contributed by atoms with Gasteiger partial charge in [-0.3, -0.25) is 14.4 Å². The lowest BCUT2D eigenvalue weighted by atomic mass is 9.99. The highest BCUT2D eigenvalue weighted by molar-refractivity contribution is 7.99. The predicted molar refractivity (Wildman–Crippen MR) is 85.8 cm³/mol. The Morgan fingerprint density at radius 2 is 1.54 bits per heavy atom. The zero-order chi connectivity index (χ0) is 18.9. The number of hydrogen-bond donors (Lipinski definition) is 0. The van der Waals surface area contributed by atoms with Gasteiger partial charge in [0.1, 0.15) is 5.44 Å². The molecule has 0 N–H and O–H groups in total. The number of rotatable bonds is 9. The molecule has 1 unspecified atom stereocenters. The summed E-state index contributed by atoms with van der Waals surface area (Å²) in [6.07, 6.45) is -5.11. The minimum atomic E-state index is -1.37. The predicted octanol–water partition coefficient (Wildman–Crippen LogP) is 0.301. The van der Waals surface area contributed by atoms with Crippen LogP contribution >= 0.6 is 11.8 Å². The van der Waals surface area contributed by atoms with Crippen LogP contribution in [-0.4, -0.2) is 62.3 Å². The average Bonchev–Trinajstić information content (AvgIpc) is 2.66. The third-order valence-corrected chi connectivity index (χ3v) is 4.72. The van der Waals surface area contributed by atoms with Crippen LogP contribution < -0.4 is 0 Å². The molecule has 1 heterocycles. The number of methoxy groups -OCH3 is 1. The molecule has 26 heavy (non-hydrogen) atoms. The van der Waals surface area contributed by atoms with Gasteiger partial charge in [-0.05, 0) is 12.1 Å². The summed E-state index contributed by atoms with van der Waals surface area (Å²) in [6.45, 7) is 0.342. The van der Waals surface area contributed by atoms with Crippen molar-refractivity contribution in [1.82, 2.24) is 0 Å². The highest BCUT2D eigenvalue weighted by Gasteiger charge is 2.53. The van der Waals surface area contributed by atoms with Crippen molar-refractivity contribution in [3.63, 3.8) is 0 Å². The second-order valence-electron chi connectivity index (χ2n) is 4.97. The molecule has 0 amide bonds. The molecule has 0 bridgehead atoms. The summed E-state index contributed by atoms with van der Waals surface area (Å²) in [7, 11) is 1.13. The van der Waals surface area contributed by atoms with Gasteiger partial charge < -0.3 is 23.7 Å². The first-order chi connectivity index (χ1) is 12.7. The first-order valence-corrected chi connectivity index (χ1v) is 8.26. The van der Waals surface area contributed by atoms with Gasteiger partial charge in [-0.15, -0.1) is 0 Å². The molecule has 2 rings (SSSR count). The molecular formula is C16H16O9S. The van der Waals surface area contributed by atoms with Crippen molar-refractivity contribution >= 4 is 37.1 Å². The minimum absolute atomic E-state index is 0.0771. The zero-order valence-corrected chi connectivity index (χ0v) is 14.4. The maximum absolute atomic E-state index is 12.1. The summed E-state index contributed by atoms with van der Waals surface area (Å²) in [6, 6.07) is 8.95. The highest BCUT2D eigenvalue weighted by atomic mass is 32.2. The molecular weight excluding hydrogens is 368 g/mol. The van der Waals surface area contributed by atoms with Gasteiger partial charge in [0.15, 0.2) is 24.4 Å². The van der Waals surface area contributed by atoms with E-state index in [4.69, 9.17) is 18.9 Å². The van der Waals surface area contributed by atoms with E-state index in [0.29, 0.717) is 0 Å². The van der Waals surface area contributed by atoms with Crippen molar-refractivity contribution in [1.29, 1.82) is 0 Å². The van der Waals surface area contributed by atoms with Gasteiger partial charge in [0.05, 0.1) is 7.11 Å². The summed E-state index contributed by atoms with van der Waals surface area (Å²) < 4.78 is 25.2. The Morgan fingerprint density at radius 1 is 0.962 bits per heavy atom. The maximum Gasteiger partial charge on any atom is 0.339 e. The SMILES string of the molecule is COC(=O)[C@H]1OC(Sc2ccccc2)[C@H](OC=O)[C@@H](OC=O)[C@@H]1OC=O. The minimum Gasteiger partial charge on any atom is -0.467 e. The Hall–Kier alpha value is -2.59. The molecule has 10 heteroatoms. The molecule has 0 aromatic heterocycles. The smallest absolute Gasteiger partial charge is 0.339 e. The fraction of sp³-hybridized carbons (Fsp3) is 0.375. The van der Waals surface area contributed by atoms with E-state index < -0.39 is 35.8 Å². The van der Waals surface area contributed by atoms with E-state index in [-0.39, 0.29) is 19.4 Å². The Morgan fingerprint density at radius 3 is 2.12 bits per heavy atom. The van der Waals surface area contributed by atoms with Crippen molar-refractivity contribution in [2.24, 2.45) is 0 Å². The summed E-state index contributed by atoms with van der Waals surface area (Å²) in [5.74, 6) is -0.834. The van der Waals surface area contributed by atoms with Gasteiger partial charge in [-0.25, -0.2) is 4.79 Å². The fourth-order valence-electron chi connectivity index (χ4n) is 2.49. The molecule has 1 aliphatic heterocycles. The standard InChI is InChI=1S/C16H16O9S/c1-21-15(20)13-11(22-7-17)12(23-8-18)14(24-9-19)16(25-13)26-10-5-3-2-4-6-10/h2-9,11-14,16H,1H3/t11-,12-,13-,14+,16?/m0/s1. The number of carbonyl (C=O) groups excluding carboxylic acids is 4. The van der Waals surface area contributed by atoms with Gasteiger partial charge in [-0.1, -0.05) is 30.0 Å². The molecule has 0 saturated carbocycles. The normalized spacial score (nSPS) is 27.7. The zero-order valence-electron chi connectivity index (χ0n) is 13.6. The molecule has 140 valence electrons. The van der Waals surface area contributed by atoms with Gasteiger partial charge in [0.25, 0.3) is 19.4 Å². The third kappa shape index (κ3) is 4.52. The second kappa shape index (κ2) is 9.78. The number of thioether (sulfide) groups is 1. The van der Waals surface area contributed by atoms with E-state index in [2.05, 4.69) is 4.74 Å².